The van der Waals surface area contributed by atoms with Gasteiger partial charge in [0.15, 0.2) is 0 Å². The summed E-state index contributed by atoms with van der Waals surface area (Å²) in [5.74, 6) is 0. The van der Waals surface area contributed by atoms with Crippen LogP contribution in [0.1, 0.15) is 18.4 Å². The number of fused-ring (bicyclic) bond motifs is 2. The molecule has 1 N–H and O–H groups in total. The fourth-order valence-corrected chi connectivity index (χ4v) is 2.54. The number of anilines is 1. The van der Waals surface area contributed by atoms with Crippen LogP contribution in [0, 0.1) is 0 Å². The minimum Gasteiger partial charge on any atom is -0.464 e. The zero-order chi connectivity index (χ0) is 11.8. The Morgan fingerprint density at radius 2 is 2.12 bits per heavy atom. The Balaban J connectivity index is 2.11. The predicted octanol–water partition coefficient (Wildman–Crippen LogP) is 2.62. The summed E-state index contributed by atoms with van der Waals surface area (Å²) in [6.07, 6.45) is 2.93. The summed E-state index contributed by atoms with van der Waals surface area (Å²) in [5, 5.41) is 9.29. The Labute approximate surface area is 99.8 Å². The Bertz CT molecular complexity index is 496. The third kappa shape index (κ3) is 1.65. The van der Waals surface area contributed by atoms with Gasteiger partial charge in [0, 0.05) is 25.0 Å². The summed E-state index contributed by atoms with van der Waals surface area (Å²) in [4.78, 5) is 14.9. The van der Waals surface area contributed by atoms with Crippen LogP contribution in [0.4, 0.5) is 10.5 Å². The first-order chi connectivity index (χ1) is 8.25. The number of allylic oxidation sites excluding steroid dienone is 1. The van der Waals surface area contributed by atoms with Crippen molar-refractivity contribution in [2.45, 2.75) is 19.4 Å². The van der Waals surface area contributed by atoms with Crippen molar-refractivity contribution in [3.8, 4) is 0 Å². The largest absolute Gasteiger partial charge is 0.464 e. The van der Waals surface area contributed by atoms with Gasteiger partial charge in [-0.25, -0.2) is 4.79 Å². The van der Waals surface area contributed by atoms with Crippen LogP contribution in [0.15, 0.2) is 36.2 Å². The van der Waals surface area contributed by atoms with Gasteiger partial charge in [0.1, 0.15) is 0 Å². The number of nitrogens with zero attached hydrogens (tertiary/aromatic N) is 2. The molecule has 4 nitrogen and oxygen atoms in total. The van der Waals surface area contributed by atoms with E-state index in [0.29, 0.717) is 0 Å². The van der Waals surface area contributed by atoms with Crippen molar-refractivity contribution in [1.82, 2.24) is 4.90 Å². The number of hydrogen-bond donors (Lipinski definition) is 1. The van der Waals surface area contributed by atoms with Gasteiger partial charge in [0.2, 0.25) is 0 Å². The molecule has 17 heavy (non-hydrogen) atoms. The molecule has 88 valence electrons. The van der Waals surface area contributed by atoms with Crippen molar-refractivity contribution in [3.63, 3.8) is 0 Å². The van der Waals surface area contributed by atoms with Crippen LogP contribution < -0.4 is 4.90 Å². The average Bonchev–Trinajstić information content (AvgIpc) is 2.68. The molecule has 0 saturated carbocycles. The highest BCUT2D eigenvalue weighted by atomic mass is 16.4. The Morgan fingerprint density at radius 1 is 1.29 bits per heavy atom. The molecule has 2 aliphatic heterocycles. The van der Waals surface area contributed by atoms with Crippen LogP contribution in [0.3, 0.4) is 0 Å². The van der Waals surface area contributed by atoms with Crippen molar-refractivity contribution in [3.05, 3.63) is 41.7 Å². The lowest BCUT2D eigenvalue weighted by atomic mass is 10.1. The molecular weight excluding hydrogens is 216 g/mol. The summed E-state index contributed by atoms with van der Waals surface area (Å²) in [5.41, 5.74) is 2.98. The van der Waals surface area contributed by atoms with Gasteiger partial charge < -0.3 is 10.0 Å². The normalized spacial score (nSPS) is 18.2. The van der Waals surface area contributed by atoms with E-state index in [9.17, 15) is 9.90 Å². The van der Waals surface area contributed by atoms with Crippen LogP contribution >= 0.6 is 0 Å². The number of para-hydroxylation sites is 1. The lowest BCUT2D eigenvalue weighted by Gasteiger charge is -2.17. The standard InChI is InChI=1S/C13H14N2O2/c16-13(17)15-9-11-5-3-7-14(11)8-10-4-1-2-6-12(10)15/h1-2,4,6,9H,3,5,7-8H2,(H,16,17). The molecule has 3 rings (SSSR count). The Hall–Kier alpha value is -1.97. The van der Waals surface area contributed by atoms with Gasteiger partial charge in [-0.05, 0) is 24.5 Å². The third-order valence-corrected chi connectivity index (χ3v) is 3.36. The van der Waals surface area contributed by atoms with E-state index in [1.54, 1.807) is 6.20 Å². The van der Waals surface area contributed by atoms with Crippen molar-refractivity contribution < 1.29 is 9.90 Å². The van der Waals surface area contributed by atoms with Crippen LogP contribution in [0.5, 0.6) is 0 Å². The number of amides is 1. The van der Waals surface area contributed by atoms with E-state index in [2.05, 4.69) is 4.90 Å². The topological polar surface area (TPSA) is 43.8 Å². The molecule has 0 aliphatic carbocycles. The summed E-state index contributed by atoms with van der Waals surface area (Å²) in [7, 11) is 0. The molecule has 0 bridgehead atoms. The second-order valence-electron chi connectivity index (χ2n) is 4.43. The highest BCUT2D eigenvalue weighted by molar-refractivity contribution is 5.89. The highest BCUT2D eigenvalue weighted by Gasteiger charge is 2.26. The van der Waals surface area contributed by atoms with Crippen LogP contribution in [-0.2, 0) is 6.54 Å². The number of rotatable bonds is 0. The zero-order valence-corrected chi connectivity index (χ0v) is 9.47. The van der Waals surface area contributed by atoms with E-state index in [1.807, 2.05) is 24.3 Å². The zero-order valence-electron chi connectivity index (χ0n) is 9.47. The van der Waals surface area contributed by atoms with Gasteiger partial charge in [-0.2, -0.15) is 0 Å². The second-order valence-corrected chi connectivity index (χ2v) is 4.43. The number of carbonyl (C=O) groups is 1. The van der Waals surface area contributed by atoms with E-state index in [4.69, 9.17) is 0 Å². The molecule has 1 fully saturated rings. The first-order valence-electron chi connectivity index (χ1n) is 5.81. The minimum absolute atomic E-state index is 0.780. The van der Waals surface area contributed by atoms with E-state index in [0.717, 1.165) is 42.9 Å². The lowest BCUT2D eigenvalue weighted by Crippen LogP contribution is -2.23. The van der Waals surface area contributed by atoms with Crippen molar-refractivity contribution in [1.29, 1.82) is 0 Å². The SMILES string of the molecule is O=C(O)N1C=C2CCCN2Cc2ccccc21. The maximum absolute atomic E-state index is 11.3. The van der Waals surface area contributed by atoms with E-state index < -0.39 is 6.09 Å². The van der Waals surface area contributed by atoms with Gasteiger partial charge >= 0.3 is 6.09 Å². The van der Waals surface area contributed by atoms with Gasteiger partial charge in [-0.3, -0.25) is 4.90 Å². The number of hydrogen-bond acceptors (Lipinski definition) is 2. The summed E-state index contributed by atoms with van der Waals surface area (Å²) < 4.78 is 0. The van der Waals surface area contributed by atoms with E-state index >= 15 is 0 Å². The molecule has 0 unspecified atom stereocenters. The van der Waals surface area contributed by atoms with Crippen LogP contribution in [0.25, 0.3) is 0 Å². The quantitative estimate of drug-likeness (QED) is 0.745. The smallest absolute Gasteiger partial charge is 0.416 e. The molecule has 0 radical (unpaired) electrons. The van der Waals surface area contributed by atoms with Gasteiger partial charge in [-0.1, -0.05) is 18.2 Å². The van der Waals surface area contributed by atoms with Crippen LogP contribution in [0.2, 0.25) is 0 Å². The van der Waals surface area contributed by atoms with Crippen molar-refractivity contribution >= 4 is 11.8 Å². The fourth-order valence-electron chi connectivity index (χ4n) is 2.54. The van der Waals surface area contributed by atoms with Crippen LogP contribution in [-0.4, -0.2) is 22.6 Å². The predicted molar refractivity (Wildman–Crippen MR) is 64.7 cm³/mol. The summed E-state index contributed by atoms with van der Waals surface area (Å²) in [6.45, 7) is 1.83. The lowest BCUT2D eigenvalue weighted by molar-refractivity contribution is 0.204. The van der Waals surface area contributed by atoms with E-state index in [1.165, 1.54) is 4.90 Å². The second kappa shape index (κ2) is 3.80. The van der Waals surface area contributed by atoms with Gasteiger partial charge in [-0.15, -0.1) is 0 Å². The molecule has 1 aromatic carbocycles. The van der Waals surface area contributed by atoms with E-state index in [-0.39, 0.29) is 0 Å². The molecule has 2 heterocycles. The van der Waals surface area contributed by atoms with Gasteiger partial charge in [0.05, 0.1) is 5.69 Å². The highest BCUT2D eigenvalue weighted by Crippen LogP contribution is 2.32. The Kier molecular flexibility index (Phi) is 2.28. The molecular formula is C13H14N2O2. The maximum atomic E-state index is 11.3. The fraction of sp³-hybridized carbons (Fsp3) is 0.308. The third-order valence-electron chi connectivity index (χ3n) is 3.36. The minimum atomic E-state index is -0.918. The van der Waals surface area contributed by atoms with Crippen molar-refractivity contribution in [2.75, 3.05) is 11.4 Å². The summed E-state index contributed by atoms with van der Waals surface area (Å²) >= 11 is 0. The molecule has 1 saturated heterocycles. The molecule has 0 spiro atoms. The first-order valence-corrected chi connectivity index (χ1v) is 5.81. The average molecular weight is 230 g/mol. The van der Waals surface area contributed by atoms with Crippen molar-refractivity contribution in [2.24, 2.45) is 0 Å². The molecule has 4 heteroatoms. The monoisotopic (exact) mass is 230 g/mol. The Morgan fingerprint density at radius 3 is 2.94 bits per heavy atom. The molecule has 0 aromatic heterocycles. The molecule has 2 aliphatic rings. The number of benzene rings is 1. The van der Waals surface area contributed by atoms with Gasteiger partial charge in [0.25, 0.3) is 0 Å². The summed E-state index contributed by atoms with van der Waals surface area (Å²) in [6, 6.07) is 7.70. The molecule has 1 aromatic rings. The molecule has 1 amide bonds. The maximum Gasteiger partial charge on any atom is 0.416 e. The first kappa shape index (κ1) is 10.2. The number of carboxylic acid groups (broad SMARTS) is 1. The molecule has 0 atom stereocenters.